The Morgan fingerprint density at radius 3 is 2.84 bits per heavy atom. The van der Waals surface area contributed by atoms with Crippen molar-refractivity contribution in [2.24, 2.45) is 13.0 Å². The van der Waals surface area contributed by atoms with Crippen LogP contribution in [0.2, 0.25) is 5.02 Å². The number of hydrogen-bond acceptors (Lipinski definition) is 3. The minimum absolute atomic E-state index is 0.0646. The fraction of sp³-hybridized carbons (Fsp3) is 0.714. The van der Waals surface area contributed by atoms with Crippen LogP contribution in [-0.4, -0.2) is 27.8 Å². The molecule has 0 aromatic carbocycles. The second-order valence-corrected chi connectivity index (χ2v) is 5.92. The van der Waals surface area contributed by atoms with E-state index in [9.17, 15) is 4.79 Å². The van der Waals surface area contributed by atoms with Crippen LogP contribution in [0.1, 0.15) is 37.6 Å². The lowest BCUT2D eigenvalue weighted by molar-refractivity contribution is -0.123. The summed E-state index contributed by atoms with van der Waals surface area (Å²) in [4.78, 5) is 12.4. The molecule has 0 amide bonds. The van der Waals surface area contributed by atoms with Crippen LogP contribution in [0, 0.1) is 5.92 Å². The molecule has 104 valence electrons. The molecule has 1 aromatic rings. The van der Waals surface area contributed by atoms with E-state index in [2.05, 4.69) is 5.10 Å². The smallest absolute Gasteiger partial charge is 0.144 e. The first-order valence-electron chi connectivity index (χ1n) is 6.98. The number of fused-ring (bicyclic) bond motifs is 2. The molecule has 0 saturated carbocycles. The van der Waals surface area contributed by atoms with E-state index in [1.54, 1.807) is 4.68 Å². The number of hydrogen-bond donors (Lipinski definition) is 0. The summed E-state index contributed by atoms with van der Waals surface area (Å²) in [5.41, 5.74) is 1.71. The van der Waals surface area contributed by atoms with Crippen LogP contribution in [0.25, 0.3) is 0 Å². The molecule has 2 fully saturated rings. The molecular formula is C14H19ClN2O2. The Morgan fingerprint density at radius 2 is 2.32 bits per heavy atom. The molecule has 3 atom stereocenters. The highest BCUT2D eigenvalue weighted by atomic mass is 35.5. The van der Waals surface area contributed by atoms with Crippen LogP contribution >= 0.6 is 11.6 Å². The minimum atomic E-state index is 0.0646. The van der Waals surface area contributed by atoms with Gasteiger partial charge in [0, 0.05) is 13.0 Å². The molecule has 0 radical (unpaired) electrons. The average molecular weight is 283 g/mol. The fourth-order valence-electron chi connectivity index (χ4n) is 3.28. The summed E-state index contributed by atoms with van der Waals surface area (Å²) in [5, 5.41) is 5.01. The van der Waals surface area contributed by atoms with Crippen molar-refractivity contribution in [2.75, 3.05) is 0 Å². The molecule has 19 heavy (non-hydrogen) atoms. The van der Waals surface area contributed by atoms with E-state index in [1.165, 1.54) is 0 Å². The van der Waals surface area contributed by atoms with Gasteiger partial charge in [-0.25, -0.2) is 0 Å². The zero-order valence-electron chi connectivity index (χ0n) is 11.4. The van der Waals surface area contributed by atoms with Crippen molar-refractivity contribution < 1.29 is 9.53 Å². The van der Waals surface area contributed by atoms with Crippen molar-refractivity contribution in [1.82, 2.24) is 9.78 Å². The number of aryl methyl sites for hydroxylation is 2. The van der Waals surface area contributed by atoms with Gasteiger partial charge in [0.05, 0.1) is 35.0 Å². The van der Waals surface area contributed by atoms with Crippen LogP contribution < -0.4 is 0 Å². The molecule has 3 rings (SSSR count). The monoisotopic (exact) mass is 282 g/mol. The van der Waals surface area contributed by atoms with Crippen molar-refractivity contribution in [3.8, 4) is 0 Å². The zero-order valence-corrected chi connectivity index (χ0v) is 12.1. The van der Waals surface area contributed by atoms with Gasteiger partial charge < -0.3 is 4.74 Å². The van der Waals surface area contributed by atoms with Gasteiger partial charge in [0.2, 0.25) is 0 Å². The van der Waals surface area contributed by atoms with Crippen LogP contribution in [-0.2, 0) is 29.4 Å². The number of ether oxygens (including phenoxy) is 1. The minimum Gasteiger partial charge on any atom is -0.374 e. The Bertz CT molecular complexity index is 512. The lowest BCUT2D eigenvalue weighted by Crippen LogP contribution is -2.27. The first kappa shape index (κ1) is 13.1. The highest BCUT2D eigenvalue weighted by molar-refractivity contribution is 6.32. The highest BCUT2D eigenvalue weighted by Crippen LogP contribution is 2.39. The van der Waals surface area contributed by atoms with Crippen molar-refractivity contribution in [2.45, 2.75) is 51.2 Å². The summed E-state index contributed by atoms with van der Waals surface area (Å²) in [6.07, 6.45) is 4.65. The zero-order chi connectivity index (χ0) is 13.6. The van der Waals surface area contributed by atoms with E-state index < -0.39 is 0 Å². The molecule has 0 N–H and O–H groups in total. The second kappa shape index (κ2) is 4.91. The number of nitrogens with zero attached hydrogens (tertiary/aromatic N) is 2. The van der Waals surface area contributed by atoms with Gasteiger partial charge in [0.25, 0.3) is 0 Å². The maximum atomic E-state index is 12.4. The van der Waals surface area contributed by atoms with Crippen LogP contribution in [0.4, 0.5) is 0 Å². The molecular weight excluding hydrogens is 264 g/mol. The quantitative estimate of drug-likeness (QED) is 0.851. The van der Waals surface area contributed by atoms with E-state index in [1.807, 2.05) is 14.0 Å². The number of halogens is 1. The number of ketones is 1. The van der Waals surface area contributed by atoms with Gasteiger partial charge in [-0.2, -0.15) is 5.10 Å². The van der Waals surface area contributed by atoms with Gasteiger partial charge in [-0.15, -0.1) is 0 Å². The molecule has 4 nitrogen and oxygen atoms in total. The van der Waals surface area contributed by atoms with Gasteiger partial charge in [-0.05, 0) is 25.7 Å². The third kappa shape index (κ3) is 2.21. The van der Waals surface area contributed by atoms with Gasteiger partial charge in [-0.3, -0.25) is 9.48 Å². The first-order valence-corrected chi connectivity index (χ1v) is 7.36. The van der Waals surface area contributed by atoms with E-state index in [0.29, 0.717) is 17.5 Å². The van der Waals surface area contributed by atoms with Crippen LogP contribution in [0.3, 0.4) is 0 Å². The Hall–Kier alpha value is -0.870. The van der Waals surface area contributed by atoms with Gasteiger partial charge in [0.1, 0.15) is 5.78 Å². The third-order valence-electron chi connectivity index (χ3n) is 4.36. The van der Waals surface area contributed by atoms with E-state index >= 15 is 0 Å². The summed E-state index contributed by atoms with van der Waals surface area (Å²) < 4.78 is 7.50. The Kier molecular flexibility index (Phi) is 3.39. The van der Waals surface area contributed by atoms with E-state index in [0.717, 1.165) is 37.1 Å². The number of rotatable bonds is 4. The van der Waals surface area contributed by atoms with Crippen molar-refractivity contribution in [1.29, 1.82) is 0 Å². The maximum absolute atomic E-state index is 12.4. The van der Waals surface area contributed by atoms with Gasteiger partial charge >= 0.3 is 0 Å². The predicted molar refractivity (Wildman–Crippen MR) is 72.3 cm³/mol. The molecule has 2 bridgehead atoms. The summed E-state index contributed by atoms with van der Waals surface area (Å²) >= 11 is 6.29. The molecule has 5 heteroatoms. The standard InChI is InChI=1S/C14H19ClN2O2/c1-3-10-14(15)11(17(2)16-10)7-12(18)9-6-8-4-5-13(9)19-8/h8-9,13H,3-7H2,1-2H3. The second-order valence-electron chi connectivity index (χ2n) is 5.54. The number of carbonyl (C=O) groups is 1. The van der Waals surface area contributed by atoms with Crippen molar-refractivity contribution >= 4 is 17.4 Å². The first-order chi connectivity index (χ1) is 9.10. The largest absolute Gasteiger partial charge is 0.374 e. The highest BCUT2D eigenvalue weighted by Gasteiger charge is 2.44. The van der Waals surface area contributed by atoms with Crippen molar-refractivity contribution in [3.05, 3.63) is 16.4 Å². The summed E-state index contributed by atoms with van der Waals surface area (Å²) in [7, 11) is 1.85. The number of Topliss-reactive ketones (excluding diaryl/α,β-unsaturated/α-hetero) is 1. The molecule has 2 saturated heterocycles. The Balaban J connectivity index is 1.75. The lowest BCUT2D eigenvalue weighted by Gasteiger charge is -2.17. The lowest BCUT2D eigenvalue weighted by atomic mass is 9.85. The topological polar surface area (TPSA) is 44.1 Å². The average Bonchev–Trinajstić information content (AvgIpc) is 3.08. The van der Waals surface area contributed by atoms with Gasteiger partial charge in [0.15, 0.2) is 0 Å². The molecule has 3 unspecified atom stereocenters. The summed E-state index contributed by atoms with van der Waals surface area (Å²) in [6.45, 7) is 2.02. The fourth-order valence-corrected chi connectivity index (χ4v) is 3.65. The molecule has 0 spiro atoms. The van der Waals surface area contributed by atoms with Gasteiger partial charge in [-0.1, -0.05) is 18.5 Å². The molecule has 3 heterocycles. The maximum Gasteiger partial charge on any atom is 0.144 e. The molecule has 2 aliphatic heterocycles. The SMILES string of the molecule is CCc1nn(C)c(CC(=O)C2CC3CCC2O3)c1Cl. The van der Waals surface area contributed by atoms with E-state index in [4.69, 9.17) is 16.3 Å². The summed E-state index contributed by atoms with van der Waals surface area (Å²) in [5.74, 6) is 0.314. The van der Waals surface area contributed by atoms with E-state index in [-0.39, 0.29) is 17.8 Å². The normalized spacial score (nSPS) is 29.1. The molecule has 0 aliphatic carbocycles. The Labute approximate surface area is 118 Å². The third-order valence-corrected chi connectivity index (χ3v) is 4.80. The Morgan fingerprint density at radius 1 is 1.53 bits per heavy atom. The van der Waals surface area contributed by atoms with Crippen LogP contribution in [0.5, 0.6) is 0 Å². The predicted octanol–water partition coefficient (Wildman–Crippen LogP) is 2.32. The molecule has 2 aliphatic rings. The number of carbonyl (C=O) groups excluding carboxylic acids is 1. The molecule has 1 aromatic heterocycles. The summed E-state index contributed by atoms with van der Waals surface area (Å²) in [6, 6.07) is 0. The number of aromatic nitrogens is 2. The van der Waals surface area contributed by atoms with Crippen molar-refractivity contribution in [3.63, 3.8) is 0 Å². The van der Waals surface area contributed by atoms with Crippen LogP contribution in [0.15, 0.2) is 0 Å².